The van der Waals surface area contributed by atoms with Gasteiger partial charge in [0.15, 0.2) is 5.78 Å². The van der Waals surface area contributed by atoms with Crippen LogP contribution in [0.4, 0.5) is 13.2 Å². The molecule has 0 spiro atoms. The number of hydrogen-bond acceptors (Lipinski definition) is 9. The maximum absolute atomic E-state index is 12.5. The molecule has 0 amide bonds. The number of Topliss-reactive ketones (excluding diaryl/α,β-unsaturated/α-hetero) is 1. The summed E-state index contributed by atoms with van der Waals surface area (Å²) in [5, 5.41) is 10.0. The van der Waals surface area contributed by atoms with Crippen LogP contribution in [0.2, 0.25) is 0 Å². The van der Waals surface area contributed by atoms with Crippen molar-refractivity contribution in [1.82, 2.24) is 20.3 Å². The summed E-state index contributed by atoms with van der Waals surface area (Å²) in [6, 6.07) is 5.10. The molecule has 8 nitrogen and oxygen atoms in total. The van der Waals surface area contributed by atoms with E-state index in [2.05, 4.69) is 24.9 Å². The van der Waals surface area contributed by atoms with E-state index in [4.69, 9.17) is 0 Å². The zero-order chi connectivity index (χ0) is 18.9. The number of carbonyl (C=O) groups excluding carboxylic acids is 1. The van der Waals surface area contributed by atoms with Gasteiger partial charge in [-0.1, -0.05) is 40.8 Å². The fraction of sp³-hybridized carbons (Fsp3) is 0.154. The van der Waals surface area contributed by atoms with E-state index >= 15 is 0 Å². The first kappa shape index (κ1) is 18.1. The van der Waals surface area contributed by atoms with Crippen molar-refractivity contribution < 1.29 is 30.9 Å². The van der Waals surface area contributed by atoms with Gasteiger partial charge in [-0.15, -0.1) is 10.2 Å². The molecule has 0 radical (unpaired) electrons. The van der Waals surface area contributed by atoms with Crippen molar-refractivity contribution in [2.75, 3.05) is 5.75 Å². The lowest BCUT2D eigenvalue weighted by molar-refractivity contribution is -0.159. The van der Waals surface area contributed by atoms with E-state index < -0.39 is 33.4 Å². The number of hydrogen-bond donors (Lipinski definition) is 0. The summed E-state index contributed by atoms with van der Waals surface area (Å²) in [6.45, 7) is 0. The van der Waals surface area contributed by atoms with E-state index in [1.165, 1.54) is 29.8 Å². The lowest BCUT2D eigenvalue weighted by Crippen LogP contribution is -2.16. The average Bonchev–Trinajstić information content (AvgIpc) is 3.26. The van der Waals surface area contributed by atoms with E-state index in [9.17, 15) is 26.4 Å². The number of nitrogens with zero attached hydrogens (tertiary/aromatic N) is 4. The standard InChI is InChI=1S/C13H7F3N4O4S2/c14-13(15,16)11-18-10(20-24-11)8-3-1-7(2-4-8)9(21)5-26(22,23)12-19-17-6-25-12/h1-4,6H,5H2. The summed E-state index contributed by atoms with van der Waals surface area (Å²) in [5.41, 5.74) is 1.46. The molecule has 2 heterocycles. The molecule has 0 N–H and O–H groups in total. The van der Waals surface area contributed by atoms with Gasteiger partial charge < -0.3 is 4.52 Å². The number of aromatic nitrogens is 4. The number of ketones is 1. The topological polar surface area (TPSA) is 116 Å². The zero-order valence-electron chi connectivity index (χ0n) is 12.5. The van der Waals surface area contributed by atoms with Crippen molar-refractivity contribution in [2.24, 2.45) is 0 Å². The molecule has 0 unspecified atom stereocenters. The molecule has 0 saturated carbocycles. The third kappa shape index (κ3) is 3.77. The minimum Gasteiger partial charge on any atom is -0.329 e. The number of benzene rings is 1. The Balaban J connectivity index is 1.77. The van der Waals surface area contributed by atoms with Crippen molar-refractivity contribution in [3.63, 3.8) is 0 Å². The summed E-state index contributed by atoms with van der Waals surface area (Å²) in [4.78, 5) is 15.3. The quantitative estimate of drug-likeness (QED) is 0.595. The largest absolute Gasteiger partial charge is 0.471 e. The van der Waals surface area contributed by atoms with Gasteiger partial charge in [-0.25, -0.2) is 8.42 Å². The number of carbonyl (C=O) groups is 1. The van der Waals surface area contributed by atoms with Crippen LogP contribution in [0.5, 0.6) is 0 Å². The predicted molar refractivity (Wildman–Crippen MR) is 81.0 cm³/mol. The molecule has 0 aliphatic carbocycles. The molecule has 0 fully saturated rings. The van der Waals surface area contributed by atoms with Crippen LogP contribution in [0.3, 0.4) is 0 Å². The second-order valence-electron chi connectivity index (χ2n) is 4.89. The van der Waals surface area contributed by atoms with Crippen molar-refractivity contribution in [1.29, 1.82) is 0 Å². The molecule has 13 heteroatoms. The van der Waals surface area contributed by atoms with Gasteiger partial charge in [0.25, 0.3) is 0 Å². The van der Waals surface area contributed by atoms with Gasteiger partial charge in [0.05, 0.1) is 0 Å². The van der Waals surface area contributed by atoms with E-state index in [0.29, 0.717) is 0 Å². The minimum absolute atomic E-state index is 0.0568. The van der Waals surface area contributed by atoms with Crippen LogP contribution >= 0.6 is 11.3 Å². The van der Waals surface area contributed by atoms with E-state index in [0.717, 1.165) is 11.3 Å². The summed E-state index contributed by atoms with van der Waals surface area (Å²) in [6.07, 6.45) is -4.76. The monoisotopic (exact) mass is 404 g/mol. The summed E-state index contributed by atoms with van der Waals surface area (Å²) in [5.74, 6) is -3.30. The molecule has 136 valence electrons. The molecule has 3 aromatic rings. The van der Waals surface area contributed by atoms with Crippen LogP contribution in [0.15, 0.2) is 38.6 Å². The lowest BCUT2D eigenvalue weighted by Gasteiger charge is -2.02. The fourth-order valence-electron chi connectivity index (χ4n) is 1.88. The van der Waals surface area contributed by atoms with E-state index in [1.54, 1.807) is 0 Å². The highest BCUT2D eigenvalue weighted by molar-refractivity contribution is 7.94. The molecule has 0 aliphatic rings. The summed E-state index contributed by atoms with van der Waals surface area (Å²) >= 11 is 0.790. The number of halogens is 3. The highest BCUT2D eigenvalue weighted by Gasteiger charge is 2.38. The predicted octanol–water partition coefficient (Wildman–Crippen LogP) is 2.26. The molecule has 0 aliphatic heterocycles. The Morgan fingerprint density at radius 2 is 1.88 bits per heavy atom. The Morgan fingerprint density at radius 3 is 2.42 bits per heavy atom. The molecule has 3 rings (SSSR count). The smallest absolute Gasteiger partial charge is 0.329 e. The normalized spacial score (nSPS) is 12.3. The number of rotatable bonds is 5. The van der Waals surface area contributed by atoms with Gasteiger partial charge in [0, 0.05) is 11.1 Å². The van der Waals surface area contributed by atoms with Crippen LogP contribution in [-0.2, 0) is 16.0 Å². The van der Waals surface area contributed by atoms with E-state index in [1.807, 2.05) is 0 Å². The van der Waals surface area contributed by atoms with Gasteiger partial charge in [-0.2, -0.15) is 18.2 Å². The van der Waals surface area contributed by atoms with Gasteiger partial charge in [0.2, 0.25) is 20.0 Å². The maximum Gasteiger partial charge on any atom is 0.471 e. The average molecular weight is 404 g/mol. The lowest BCUT2D eigenvalue weighted by atomic mass is 10.1. The summed E-state index contributed by atoms with van der Waals surface area (Å²) < 4.78 is 65.2. The van der Waals surface area contributed by atoms with Gasteiger partial charge >= 0.3 is 12.1 Å². The third-order valence-electron chi connectivity index (χ3n) is 3.06. The molecule has 2 aromatic heterocycles. The van der Waals surface area contributed by atoms with E-state index in [-0.39, 0.29) is 21.3 Å². The fourth-order valence-corrected chi connectivity index (χ4v) is 3.86. The molecular weight excluding hydrogens is 397 g/mol. The van der Waals surface area contributed by atoms with Crippen LogP contribution < -0.4 is 0 Å². The van der Waals surface area contributed by atoms with Crippen molar-refractivity contribution in [3.05, 3.63) is 41.2 Å². The molecule has 0 bridgehead atoms. The third-order valence-corrected chi connectivity index (χ3v) is 5.85. The Hall–Kier alpha value is -2.67. The number of sulfone groups is 1. The van der Waals surface area contributed by atoms with Crippen LogP contribution in [0.25, 0.3) is 11.4 Å². The maximum atomic E-state index is 12.5. The van der Waals surface area contributed by atoms with Gasteiger partial charge in [-0.3, -0.25) is 4.79 Å². The van der Waals surface area contributed by atoms with Crippen molar-refractivity contribution in [2.45, 2.75) is 10.5 Å². The van der Waals surface area contributed by atoms with Crippen LogP contribution in [0, 0.1) is 0 Å². The second-order valence-corrected chi connectivity index (χ2v) is 7.88. The highest BCUT2D eigenvalue weighted by Crippen LogP contribution is 2.29. The SMILES string of the molecule is O=C(CS(=O)(=O)c1nncs1)c1ccc(-c2noc(C(F)(F)F)n2)cc1. The first-order valence-corrected chi connectivity index (χ1v) is 9.23. The molecule has 1 aromatic carbocycles. The molecule has 0 atom stereocenters. The highest BCUT2D eigenvalue weighted by atomic mass is 32.2. The second kappa shape index (κ2) is 6.57. The van der Waals surface area contributed by atoms with Crippen molar-refractivity contribution >= 4 is 27.0 Å². The molecule has 26 heavy (non-hydrogen) atoms. The number of alkyl halides is 3. The van der Waals surface area contributed by atoms with Gasteiger partial charge in [-0.05, 0) is 0 Å². The Kier molecular flexibility index (Phi) is 4.58. The van der Waals surface area contributed by atoms with Crippen LogP contribution in [-0.4, -0.2) is 40.3 Å². The molecule has 0 saturated heterocycles. The Bertz CT molecular complexity index is 1030. The first-order chi connectivity index (χ1) is 12.2. The minimum atomic E-state index is -4.76. The molecular formula is C13H7F3N4O4S2. The van der Waals surface area contributed by atoms with Crippen LogP contribution in [0.1, 0.15) is 16.2 Å². The zero-order valence-corrected chi connectivity index (χ0v) is 14.1. The first-order valence-electron chi connectivity index (χ1n) is 6.70. The summed E-state index contributed by atoms with van der Waals surface area (Å²) in [7, 11) is -3.91. The van der Waals surface area contributed by atoms with Gasteiger partial charge in [0.1, 0.15) is 11.3 Å². The van der Waals surface area contributed by atoms with Crippen molar-refractivity contribution in [3.8, 4) is 11.4 Å². The Labute approximate surface area is 147 Å². The Morgan fingerprint density at radius 1 is 1.19 bits per heavy atom.